The largest absolute Gasteiger partial charge is 0.389 e. The van der Waals surface area contributed by atoms with Crippen molar-refractivity contribution in [2.24, 2.45) is 11.7 Å². The third-order valence-electron chi connectivity index (χ3n) is 2.94. The summed E-state index contributed by atoms with van der Waals surface area (Å²) in [5.41, 5.74) is 5.69. The van der Waals surface area contributed by atoms with Gasteiger partial charge in [-0.2, -0.15) is 13.2 Å². The fourth-order valence-corrected chi connectivity index (χ4v) is 1.85. The van der Waals surface area contributed by atoms with E-state index >= 15 is 0 Å². The highest BCUT2D eigenvalue weighted by molar-refractivity contribution is 5.76. The molecule has 1 fully saturated rings. The van der Waals surface area contributed by atoms with Crippen LogP contribution in [0.3, 0.4) is 0 Å². The molecule has 94 valence electrons. The van der Waals surface area contributed by atoms with Crippen molar-refractivity contribution in [1.82, 2.24) is 4.90 Å². The van der Waals surface area contributed by atoms with Crippen molar-refractivity contribution >= 4 is 5.91 Å². The third-order valence-corrected chi connectivity index (χ3v) is 2.94. The Labute approximate surface area is 92.8 Å². The Morgan fingerprint density at radius 2 is 2.19 bits per heavy atom. The molecule has 0 spiro atoms. The van der Waals surface area contributed by atoms with Gasteiger partial charge in [-0.3, -0.25) is 4.79 Å². The van der Waals surface area contributed by atoms with Crippen molar-refractivity contribution in [1.29, 1.82) is 0 Å². The average molecular weight is 238 g/mol. The zero-order chi connectivity index (χ0) is 12.3. The highest BCUT2D eigenvalue weighted by Gasteiger charge is 2.32. The fourth-order valence-electron chi connectivity index (χ4n) is 1.85. The second-order valence-corrected chi connectivity index (χ2v) is 4.36. The van der Waals surface area contributed by atoms with Crippen LogP contribution < -0.4 is 5.73 Å². The van der Waals surface area contributed by atoms with E-state index in [9.17, 15) is 18.0 Å². The van der Waals surface area contributed by atoms with E-state index in [1.54, 1.807) is 0 Å². The van der Waals surface area contributed by atoms with E-state index in [2.05, 4.69) is 0 Å². The van der Waals surface area contributed by atoms with Crippen LogP contribution in [0.5, 0.6) is 0 Å². The van der Waals surface area contributed by atoms with Gasteiger partial charge in [-0.05, 0) is 19.3 Å². The highest BCUT2D eigenvalue weighted by atomic mass is 19.4. The zero-order valence-electron chi connectivity index (χ0n) is 9.26. The normalized spacial score (nSPS) is 23.6. The molecule has 1 rings (SSSR count). The molecule has 1 aliphatic rings. The molecule has 1 amide bonds. The Bertz CT molecular complexity index is 253. The number of likely N-dealkylation sites (tertiary alicyclic amines) is 1. The van der Waals surface area contributed by atoms with Gasteiger partial charge < -0.3 is 10.6 Å². The summed E-state index contributed by atoms with van der Waals surface area (Å²) in [7, 11) is 0. The minimum atomic E-state index is -4.25. The molecule has 16 heavy (non-hydrogen) atoms. The SMILES string of the molecule is CC(N)C1CCN(C(=O)CCC(F)(F)F)C1. The number of hydrogen-bond acceptors (Lipinski definition) is 2. The molecule has 1 aliphatic heterocycles. The van der Waals surface area contributed by atoms with Crippen LogP contribution in [-0.4, -0.2) is 36.1 Å². The Morgan fingerprint density at radius 3 is 2.62 bits per heavy atom. The number of nitrogens with zero attached hydrogens (tertiary/aromatic N) is 1. The summed E-state index contributed by atoms with van der Waals surface area (Å²) in [6.07, 6.45) is -4.95. The first-order chi connectivity index (χ1) is 7.29. The van der Waals surface area contributed by atoms with E-state index in [1.165, 1.54) is 4.90 Å². The van der Waals surface area contributed by atoms with Gasteiger partial charge in [-0.25, -0.2) is 0 Å². The maximum atomic E-state index is 11.9. The van der Waals surface area contributed by atoms with Crippen LogP contribution in [0.1, 0.15) is 26.2 Å². The molecular weight excluding hydrogens is 221 g/mol. The molecule has 2 atom stereocenters. The summed E-state index contributed by atoms with van der Waals surface area (Å²) in [5.74, 6) is -0.199. The first-order valence-electron chi connectivity index (χ1n) is 5.39. The number of alkyl halides is 3. The Balaban J connectivity index is 2.34. The van der Waals surface area contributed by atoms with Gasteiger partial charge in [-0.1, -0.05) is 0 Å². The van der Waals surface area contributed by atoms with Crippen molar-refractivity contribution in [3.05, 3.63) is 0 Å². The molecule has 0 aromatic heterocycles. The molecule has 0 radical (unpaired) electrons. The number of carbonyl (C=O) groups excluding carboxylic acids is 1. The summed E-state index contributed by atoms with van der Waals surface area (Å²) >= 11 is 0. The monoisotopic (exact) mass is 238 g/mol. The molecule has 0 bridgehead atoms. The molecule has 0 aromatic rings. The van der Waals surface area contributed by atoms with Crippen molar-refractivity contribution in [3.8, 4) is 0 Å². The Hall–Kier alpha value is -0.780. The molecule has 2 N–H and O–H groups in total. The lowest BCUT2D eigenvalue weighted by atomic mass is 10.0. The van der Waals surface area contributed by atoms with Gasteiger partial charge in [0.2, 0.25) is 5.91 Å². The lowest BCUT2D eigenvalue weighted by Gasteiger charge is -2.18. The molecule has 3 nitrogen and oxygen atoms in total. The molecule has 0 aliphatic carbocycles. The maximum absolute atomic E-state index is 11.9. The first-order valence-corrected chi connectivity index (χ1v) is 5.39. The second kappa shape index (κ2) is 5.03. The predicted octanol–water partition coefficient (Wildman–Crippen LogP) is 1.52. The van der Waals surface area contributed by atoms with E-state index in [0.717, 1.165) is 6.42 Å². The van der Waals surface area contributed by atoms with Crippen LogP contribution in [-0.2, 0) is 4.79 Å². The van der Waals surface area contributed by atoms with Crippen LogP contribution in [0.25, 0.3) is 0 Å². The van der Waals surface area contributed by atoms with Gasteiger partial charge in [0.05, 0.1) is 6.42 Å². The number of nitrogens with two attached hydrogens (primary N) is 1. The number of carbonyl (C=O) groups is 1. The standard InChI is InChI=1S/C10H17F3N2O/c1-7(14)8-3-5-15(6-8)9(16)2-4-10(11,12)13/h7-8H,2-6,14H2,1H3. The molecule has 2 unspecified atom stereocenters. The second-order valence-electron chi connectivity index (χ2n) is 4.36. The third kappa shape index (κ3) is 4.00. The molecule has 6 heteroatoms. The smallest absolute Gasteiger partial charge is 0.342 e. The first kappa shape index (κ1) is 13.3. The lowest BCUT2D eigenvalue weighted by Crippen LogP contribution is -2.33. The van der Waals surface area contributed by atoms with Gasteiger partial charge in [0.1, 0.15) is 0 Å². The lowest BCUT2D eigenvalue weighted by molar-refractivity contribution is -0.148. The van der Waals surface area contributed by atoms with Gasteiger partial charge in [0.25, 0.3) is 0 Å². The number of amides is 1. The van der Waals surface area contributed by atoms with Gasteiger partial charge in [0.15, 0.2) is 0 Å². The zero-order valence-corrected chi connectivity index (χ0v) is 9.26. The fraction of sp³-hybridized carbons (Fsp3) is 0.900. The van der Waals surface area contributed by atoms with E-state index in [0.29, 0.717) is 13.1 Å². The Kier molecular flexibility index (Phi) is 4.18. The van der Waals surface area contributed by atoms with Gasteiger partial charge in [-0.15, -0.1) is 0 Å². The maximum Gasteiger partial charge on any atom is 0.389 e. The van der Waals surface area contributed by atoms with Crippen molar-refractivity contribution in [2.75, 3.05) is 13.1 Å². The van der Waals surface area contributed by atoms with E-state index < -0.39 is 24.9 Å². The minimum Gasteiger partial charge on any atom is -0.342 e. The highest BCUT2D eigenvalue weighted by Crippen LogP contribution is 2.24. The topological polar surface area (TPSA) is 46.3 Å². The number of halogens is 3. The number of hydrogen-bond donors (Lipinski definition) is 1. The summed E-state index contributed by atoms with van der Waals surface area (Å²) in [4.78, 5) is 12.9. The summed E-state index contributed by atoms with van der Waals surface area (Å²) in [6, 6.07) is -0.0135. The number of rotatable bonds is 3. The van der Waals surface area contributed by atoms with Crippen LogP contribution in [0.15, 0.2) is 0 Å². The minimum absolute atomic E-state index is 0.0135. The van der Waals surface area contributed by atoms with Crippen LogP contribution >= 0.6 is 0 Å². The summed E-state index contributed by atoms with van der Waals surface area (Å²) < 4.78 is 35.8. The van der Waals surface area contributed by atoms with Crippen molar-refractivity contribution in [2.45, 2.75) is 38.4 Å². The molecule has 1 heterocycles. The summed E-state index contributed by atoms with van der Waals surface area (Å²) in [5, 5.41) is 0. The van der Waals surface area contributed by atoms with Gasteiger partial charge >= 0.3 is 6.18 Å². The average Bonchev–Trinajstić information content (AvgIpc) is 2.61. The van der Waals surface area contributed by atoms with E-state index in [1.807, 2.05) is 6.92 Å². The predicted molar refractivity (Wildman–Crippen MR) is 53.6 cm³/mol. The van der Waals surface area contributed by atoms with Crippen LogP contribution in [0.4, 0.5) is 13.2 Å². The quantitative estimate of drug-likeness (QED) is 0.810. The summed E-state index contributed by atoms with van der Waals surface area (Å²) in [6.45, 7) is 2.88. The van der Waals surface area contributed by atoms with Crippen molar-refractivity contribution in [3.63, 3.8) is 0 Å². The molecule has 0 saturated carbocycles. The van der Waals surface area contributed by atoms with Crippen LogP contribution in [0.2, 0.25) is 0 Å². The molecular formula is C10H17F3N2O. The van der Waals surface area contributed by atoms with Crippen molar-refractivity contribution < 1.29 is 18.0 Å². The molecule has 1 saturated heterocycles. The van der Waals surface area contributed by atoms with E-state index in [4.69, 9.17) is 5.73 Å². The Morgan fingerprint density at radius 1 is 1.56 bits per heavy atom. The molecule has 0 aromatic carbocycles. The van der Waals surface area contributed by atoms with Gasteiger partial charge in [0, 0.05) is 25.6 Å². The van der Waals surface area contributed by atoms with Crippen LogP contribution in [0, 0.1) is 5.92 Å². The van der Waals surface area contributed by atoms with E-state index in [-0.39, 0.29) is 12.0 Å².